The van der Waals surface area contributed by atoms with Crippen LogP contribution in [0.2, 0.25) is 0 Å². The Bertz CT molecular complexity index is 774. The van der Waals surface area contributed by atoms with E-state index in [9.17, 15) is 4.79 Å². The minimum Gasteiger partial charge on any atom is -0.454 e. The highest BCUT2D eigenvalue weighted by Crippen LogP contribution is 2.35. The summed E-state index contributed by atoms with van der Waals surface area (Å²) in [5.41, 5.74) is 1.48. The second-order valence-electron chi connectivity index (χ2n) is 5.38. The molecule has 2 aromatic carbocycles. The van der Waals surface area contributed by atoms with Gasteiger partial charge in [0.2, 0.25) is 13.6 Å². The molecule has 2 heterocycles. The zero-order valence-electron chi connectivity index (χ0n) is 12.5. The number of carbonyl (C=O) groups excluding carboxylic acids is 1. The van der Waals surface area contributed by atoms with Gasteiger partial charge in [0.15, 0.2) is 23.0 Å². The van der Waals surface area contributed by atoms with Crippen molar-refractivity contribution in [3.8, 4) is 23.0 Å². The predicted octanol–water partition coefficient (Wildman–Crippen LogP) is 2.64. The van der Waals surface area contributed by atoms with E-state index >= 15 is 0 Å². The van der Waals surface area contributed by atoms with Gasteiger partial charge in [0.1, 0.15) is 0 Å². The van der Waals surface area contributed by atoms with Gasteiger partial charge < -0.3 is 24.3 Å². The lowest BCUT2D eigenvalue weighted by molar-refractivity contribution is 0.0939. The summed E-state index contributed by atoms with van der Waals surface area (Å²) in [4.78, 5) is 12.4. The summed E-state index contributed by atoms with van der Waals surface area (Å²) < 4.78 is 21.2. The van der Waals surface area contributed by atoms with Crippen molar-refractivity contribution in [2.24, 2.45) is 0 Å². The third-order valence-corrected chi connectivity index (χ3v) is 3.88. The van der Waals surface area contributed by atoms with Crippen LogP contribution in [0.4, 0.5) is 0 Å². The molecule has 4 rings (SSSR count). The van der Waals surface area contributed by atoms with Crippen LogP contribution in [0.25, 0.3) is 0 Å². The first-order valence-electron chi connectivity index (χ1n) is 7.31. The molecule has 0 bridgehead atoms. The van der Waals surface area contributed by atoms with E-state index in [2.05, 4.69) is 5.32 Å². The maximum Gasteiger partial charge on any atom is 0.251 e. The Morgan fingerprint density at radius 2 is 1.52 bits per heavy atom. The Labute approximate surface area is 132 Å². The maximum atomic E-state index is 12.4. The SMILES string of the molecule is C[C@@H](NC(=O)c1ccc2c(c1)OCO2)c1ccc2c(c1)OCO2. The highest BCUT2D eigenvalue weighted by Gasteiger charge is 2.19. The molecule has 118 valence electrons. The maximum absolute atomic E-state index is 12.4. The van der Waals surface area contributed by atoms with Crippen molar-refractivity contribution < 1.29 is 23.7 Å². The summed E-state index contributed by atoms with van der Waals surface area (Å²) in [6.45, 7) is 2.34. The number of fused-ring (bicyclic) bond motifs is 2. The molecule has 0 spiro atoms. The quantitative estimate of drug-likeness (QED) is 0.943. The lowest BCUT2D eigenvalue weighted by atomic mass is 10.1. The minimum absolute atomic E-state index is 0.164. The van der Waals surface area contributed by atoms with E-state index < -0.39 is 0 Å². The highest BCUT2D eigenvalue weighted by atomic mass is 16.7. The van der Waals surface area contributed by atoms with Crippen molar-refractivity contribution in [2.75, 3.05) is 13.6 Å². The molecule has 2 aromatic rings. The Kier molecular flexibility index (Phi) is 3.22. The first kappa shape index (κ1) is 13.8. The molecular formula is C17H15NO5. The summed E-state index contributed by atoms with van der Waals surface area (Å²) in [6.07, 6.45) is 0. The average Bonchev–Trinajstić information content (AvgIpc) is 3.21. The average molecular weight is 313 g/mol. The van der Waals surface area contributed by atoms with Gasteiger partial charge in [0, 0.05) is 5.56 Å². The molecule has 6 nitrogen and oxygen atoms in total. The van der Waals surface area contributed by atoms with Gasteiger partial charge in [-0.2, -0.15) is 0 Å². The Balaban J connectivity index is 1.50. The molecule has 6 heteroatoms. The third-order valence-electron chi connectivity index (χ3n) is 3.88. The molecular weight excluding hydrogens is 298 g/mol. The van der Waals surface area contributed by atoms with Crippen molar-refractivity contribution in [1.82, 2.24) is 5.32 Å². The first-order chi connectivity index (χ1) is 11.2. The van der Waals surface area contributed by atoms with E-state index in [-0.39, 0.29) is 25.5 Å². The molecule has 1 amide bonds. The molecule has 0 aliphatic carbocycles. The van der Waals surface area contributed by atoms with Gasteiger partial charge in [-0.3, -0.25) is 4.79 Å². The number of nitrogens with one attached hydrogen (secondary N) is 1. The van der Waals surface area contributed by atoms with Crippen molar-refractivity contribution in [3.05, 3.63) is 47.5 Å². The van der Waals surface area contributed by atoms with Gasteiger partial charge in [-0.05, 0) is 42.8 Å². The van der Waals surface area contributed by atoms with Crippen LogP contribution in [0.1, 0.15) is 28.9 Å². The minimum atomic E-state index is -0.173. The molecule has 0 radical (unpaired) electrons. The fraction of sp³-hybridized carbons (Fsp3) is 0.235. The Hall–Kier alpha value is -2.89. The van der Waals surface area contributed by atoms with Crippen molar-refractivity contribution in [1.29, 1.82) is 0 Å². The molecule has 23 heavy (non-hydrogen) atoms. The predicted molar refractivity (Wildman–Crippen MR) is 81.0 cm³/mol. The van der Waals surface area contributed by atoms with E-state index in [1.54, 1.807) is 18.2 Å². The van der Waals surface area contributed by atoms with Gasteiger partial charge in [0.25, 0.3) is 5.91 Å². The second kappa shape index (κ2) is 5.39. The fourth-order valence-electron chi connectivity index (χ4n) is 2.58. The lowest BCUT2D eigenvalue weighted by Gasteiger charge is -2.15. The second-order valence-corrected chi connectivity index (χ2v) is 5.38. The summed E-state index contributed by atoms with van der Waals surface area (Å²) in [5.74, 6) is 2.50. The van der Waals surface area contributed by atoms with Gasteiger partial charge in [-0.15, -0.1) is 0 Å². The number of ether oxygens (including phenoxy) is 4. The number of rotatable bonds is 3. The molecule has 0 fully saturated rings. The normalized spacial score (nSPS) is 15.3. The highest BCUT2D eigenvalue weighted by molar-refractivity contribution is 5.95. The van der Waals surface area contributed by atoms with Gasteiger partial charge >= 0.3 is 0 Å². The molecule has 1 atom stereocenters. The Morgan fingerprint density at radius 3 is 2.26 bits per heavy atom. The number of amides is 1. The fourth-order valence-corrected chi connectivity index (χ4v) is 2.58. The molecule has 1 N–H and O–H groups in total. The molecule has 0 saturated heterocycles. The third kappa shape index (κ3) is 2.52. The monoisotopic (exact) mass is 313 g/mol. The zero-order valence-corrected chi connectivity index (χ0v) is 12.5. The summed E-state index contributed by atoms with van der Waals surface area (Å²) in [6, 6.07) is 10.6. The van der Waals surface area contributed by atoms with E-state index in [0.717, 1.165) is 11.3 Å². The topological polar surface area (TPSA) is 66.0 Å². The summed E-state index contributed by atoms with van der Waals surface area (Å²) in [7, 11) is 0. The van der Waals surface area contributed by atoms with E-state index in [1.165, 1.54) is 0 Å². The van der Waals surface area contributed by atoms with Gasteiger partial charge in [-0.25, -0.2) is 0 Å². The van der Waals surface area contributed by atoms with Gasteiger partial charge in [-0.1, -0.05) is 6.07 Å². The smallest absolute Gasteiger partial charge is 0.251 e. The van der Waals surface area contributed by atoms with E-state index in [4.69, 9.17) is 18.9 Å². The van der Waals surface area contributed by atoms with Crippen LogP contribution in [0.3, 0.4) is 0 Å². The molecule has 2 aliphatic rings. The van der Waals surface area contributed by atoms with Crippen molar-refractivity contribution >= 4 is 5.91 Å². The first-order valence-corrected chi connectivity index (χ1v) is 7.31. The van der Waals surface area contributed by atoms with Crippen LogP contribution < -0.4 is 24.3 Å². The summed E-state index contributed by atoms with van der Waals surface area (Å²) >= 11 is 0. The van der Waals surface area contributed by atoms with E-state index in [0.29, 0.717) is 22.8 Å². The van der Waals surface area contributed by atoms with Crippen LogP contribution >= 0.6 is 0 Å². The van der Waals surface area contributed by atoms with Gasteiger partial charge in [0.05, 0.1) is 6.04 Å². The van der Waals surface area contributed by atoms with Crippen LogP contribution in [0.5, 0.6) is 23.0 Å². The van der Waals surface area contributed by atoms with Crippen LogP contribution in [-0.2, 0) is 0 Å². The standard InChI is InChI=1S/C17H15NO5/c1-10(11-2-4-13-15(6-11)22-8-20-13)18-17(19)12-3-5-14-16(7-12)23-9-21-14/h2-7,10H,8-9H2,1H3,(H,18,19)/t10-/m1/s1. The molecule has 0 unspecified atom stereocenters. The number of benzene rings is 2. The van der Waals surface area contributed by atoms with Crippen molar-refractivity contribution in [2.45, 2.75) is 13.0 Å². The van der Waals surface area contributed by atoms with Crippen LogP contribution in [-0.4, -0.2) is 19.5 Å². The number of hydrogen-bond acceptors (Lipinski definition) is 5. The zero-order chi connectivity index (χ0) is 15.8. The van der Waals surface area contributed by atoms with Crippen molar-refractivity contribution in [3.63, 3.8) is 0 Å². The summed E-state index contributed by atoms with van der Waals surface area (Å²) in [5, 5.41) is 2.96. The Morgan fingerprint density at radius 1 is 0.913 bits per heavy atom. The largest absolute Gasteiger partial charge is 0.454 e. The van der Waals surface area contributed by atoms with Crippen LogP contribution in [0.15, 0.2) is 36.4 Å². The van der Waals surface area contributed by atoms with E-state index in [1.807, 2.05) is 25.1 Å². The molecule has 0 aromatic heterocycles. The lowest BCUT2D eigenvalue weighted by Crippen LogP contribution is -2.26. The van der Waals surface area contributed by atoms with Crippen LogP contribution in [0, 0.1) is 0 Å². The molecule has 2 aliphatic heterocycles. The number of hydrogen-bond donors (Lipinski definition) is 1. The molecule has 0 saturated carbocycles. The number of carbonyl (C=O) groups is 1.